The zero-order valence-corrected chi connectivity index (χ0v) is 10.8. The van der Waals surface area contributed by atoms with Gasteiger partial charge < -0.3 is 9.64 Å². The van der Waals surface area contributed by atoms with E-state index in [4.69, 9.17) is 0 Å². The normalized spacial score (nSPS) is 10.2. The van der Waals surface area contributed by atoms with E-state index in [-0.39, 0.29) is 12.5 Å². The molecular formula is C14H14N2O3. The van der Waals surface area contributed by atoms with E-state index in [0.29, 0.717) is 5.56 Å². The summed E-state index contributed by atoms with van der Waals surface area (Å²) in [5.74, 6) is -0.715. The van der Waals surface area contributed by atoms with Crippen LogP contribution in [0.25, 0.3) is 10.9 Å². The van der Waals surface area contributed by atoms with E-state index in [0.717, 1.165) is 10.9 Å². The van der Waals surface area contributed by atoms with Crippen LogP contribution in [0.5, 0.6) is 0 Å². The van der Waals surface area contributed by atoms with Crippen LogP contribution >= 0.6 is 0 Å². The lowest BCUT2D eigenvalue weighted by Crippen LogP contribution is -2.32. The Morgan fingerprint density at radius 3 is 2.79 bits per heavy atom. The number of carbonyl (C=O) groups is 2. The van der Waals surface area contributed by atoms with Gasteiger partial charge in [0.2, 0.25) is 0 Å². The second kappa shape index (κ2) is 5.48. The highest BCUT2D eigenvalue weighted by Gasteiger charge is 2.15. The van der Waals surface area contributed by atoms with Gasteiger partial charge in [-0.05, 0) is 12.1 Å². The molecule has 5 heteroatoms. The summed E-state index contributed by atoms with van der Waals surface area (Å²) < 4.78 is 4.53. The van der Waals surface area contributed by atoms with Crippen molar-refractivity contribution in [2.24, 2.45) is 0 Å². The average molecular weight is 258 g/mol. The third kappa shape index (κ3) is 2.88. The fourth-order valence-electron chi connectivity index (χ4n) is 1.74. The standard InChI is InChI=1S/C14H14N2O3/c1-16(9-13(17)19-2)14(18)11-7-10-5-3-4-6-12(10)15-8-11/h3-8H,9H2,1-2H3. The number of hydrogen-bond acceptors (Lipinski definition) is 4. The molecule has 19 heavy (non-hydrogen) atoms. The number of nitrogens with zero attached hydrogens (tertiary/aromatic N) is 2. The van der Waals surface area contributed by atoms with Crippen LogP contribution in [-0.4, -0.2) is 42.5 Å². The Kier molecular flexibility index (Phi) is 3.75. The lowest BCUT2D eigenvalue weighted by atomic mass is 10.1. The topological polar surface area (TPSA) is 59.5 Å². The molecule has 0 radical (unpaired) electrons. The van der Waals surface area contributed by atoms with E-state index in [1.807, 2.05) is 24.3 Å². The van der Waals surface area contributed by atoms with E-state index in [2.05, 4.69) is 9.72 Å². The van der Waals surface area contributed by atoms with Crippen LogP contribution in [-0.2, 0) is 9.53 Å². The van der Waals surface area contributed by atoms with Crippen molar-refractivity contribution in [1.82, 2.24) is 9.88 Å². The number of benzene rings is 1. The Hall–Kier alpha value is -2.43. The van der Waals surface area contributed by atoms with Gasteiger partial charge in [0.15, 0.2) is 0 Å². The second-order valence-electron chi connectivity index (χ2n) is 4.15. The van der Waals surface area contributed by atoms with Gasteiger partial charge in [-0.3, -0.25) is 14.6 Å². The van der Waals surface area contributed by atoms with E-state index in [1.165, 1.54) is 18.2 Å². The van der Waals surface area contributed by atoms with E-state index in [9.17, 15) is 9.59 Å². The van der Waals surface area contributed by atoms with E-state index in [1.54, 1.807) is 13.1 Å². The Balaban J connectivity index is 2.23. The number of ether oxygens (including phenoxy) is 1. The average Bonchev–Trinajstić information content (AvgIpc) is 2.45. The summed E-state index contributed by atoms with van der Waals surface area (Å²) in [6, 6.07) is 9.30. The monoisotopic (exact) mass is 258 g/mol. The lowest BCUT2D eigenvalue weighted by Gasteiger charge is -2.15. The van der Waals surface area contributed by atoms with Gasteiger partial charge in [-0.25, -0.2) is 0 Å². The van der Waals surface area contributed by atoms with Gasteiger partial charge >= 0.3 is 5.97 Å². The molecule has 0 aliphatic heterocycles. The summed E-state index contributed by atoms with van der Waals surface area (Å²) in [4.78, 5) is 28.8. The molecule has 1 amide bonds. The number of likely N-dealkylation sites (N-methyl/N-ethyl adjacent to an activating group) is 1. The summed E-state index contributed by atoms with van der Waals surface area (Å²) in [6.45, 7) is -0.0812. The zero-order valence-electron chi connectivity index (χ0n) is 10.8. The van der Waals surface area contributed by atoms with E-state index < -0.39 is 5.97 Å². The van der Waals surface area contributed by atoms with Crippen LogP contribution in [0.3, 0.4) is 0 Å². The molecule has 0 fully saturated rings. The van der Waals surface area contributed by atoms with Crippen molar-refractivity contribution in [3.05, 3.63) is 42.1 Å². The molecule has 0 bridgehead atoms. The van der Waals surface area contributed by atoms with Gasteiger partial charge in [-0.1, -0.05) is 18.2 Å². The first-order chi connectivity index (χ1) is 9.11. The predicted octanol–water partition coefficient (Wildman–Crippen LogP) is 1.48. The third-order valence-corrected chi connectivity index (χ3v) is 2.78. The first kappa shape index (κ1) is 13.0. The van der Waals surface area contributed by atoms with Crippen molar-refractivity contribution in [3.63, 3.8) is 0 Å². The minimum Gasteiger partial charge on any atom is -0.468 e. The van der Waals surface area contributed by atoms with Gasteiger partial charge in [0.25, 0.3) is 5.91 Å². The molecule has 0 N–H and O–H groups in total. The highest BCUT2D eigenvalue weighted by Crippen LogP contribution is 2.13. The largest absolute Gasteiger partial charge is 0.468 e. The van der Waals surface area contributed by atoms with Gasteiger partial charge in [0, 0.05) is 18.6 Å². The quantitative estimate of drug-likeness (QED) is 0.782. The number of hydrogen-bond donors (Lipinski definition) is 0. The maximum absolute atomic E-state index is 12.1. The van der Waals surface area contributed by atoms with Crippen molar-refractivity contribution >= 4 is 22.8 Å². The molecule has 2 aromatic rings. The minimum atomic E-state index is -0.454. The van der Waals surface area contributed by atoms with Crippen molar-refractivity contribution < 1.29 is 14.3 Å². The number of pyridine rings is 1. The van der Waals surface area contributed by atoms with Crippen molar-refractivity contribution in [1.29, 1.82) is 0 Å². The van der Waals surface area contributed by atoms with Gasteiger partial charge in [-0.15, -0.1) is 0 Å². The number of rotatable bonds is 3. The number of aromatic nitrogens is 1. The molecule has 1 heterocycles. The minimum absolute atomic E-state index is 0.0812. The molecule has 98 valence electrons. The number of carbonyl (C=O) groups excluding carboxylic acids is 2. The molecule has 1 aromatic carbocycles. The van der Waals surface area contributed by atoms with Crippen LogP contribution in [0.2, 0.25) is 0 Å². The summed E-state index contributed by atoms with van der Waals surface area (Å²) in [5.41, 5.74) is 1.28. The Bertz CT molecular complexity index is 625. The smallest absolute Gasteiger partial charge is 0.325 e. The van der Waals surface area contributed by atoms with Gasteiger partial charge in [-0.2, -0.15) is 0 Å². The van der Waals surface area contributed by atoms with Crippen molar-refractivity contribution in [2.45, 2.75) is 0 Å². The fraction of sp³-hybridized carbons (Fsp3) is 0.214. The molecule has 0 aliphatic carbocycles. The van der Waals surface area contributed by atoms with Crippen molar-refractivity contribution in [3.8, 4) is 0 Å². The van der Waals surface area contributed by atoms with E-state index >= 15 is 0 Å². The highest BCUT2D eigenvalue weighted by atomic mass is 16.5. The van der Waals surface area contributed by atoms with Crippen LogP contribution < -0.4 is 0 Å². The number of methoxy groups -OCH3 is 1. The SMILES string of the molecule is COC(=O)CN(C)C(=O)c1cnc2ccccc2c1. The number of esters is 1. The first-order valence-electron chi connectivity index (χ1n) is 5.79. The lowest BCUT2D eigenvalue weighted by molar-refractivity contribution is -0.141. The molecule has 0 atom stereocenters. The second-order valence-corrected chi connectivity index (χ2v) is 4.15. The Morgan fingerprint density at radius 1 is 1.32 bits per heavy atom. The molecule has 0 spiro atoms. The summed E-state index contributed by atoms with van der Waals surface area (Å²) in [7, 11) is 2.84. The van der Waals surface area contributed by atoms with Crippen LogP contribution in [0.1, 0.15) is 10.4 Å². The highest BCUT2D eigenvalue weighted by molar-refractivity contribution is 5.98. The van der Waals surface area contributed by atoms with Crippen molar-refractivity contribution in [2.75, 3.05) is 20.7 Å². The zero-order chi connectivity index (χ0) is 13.8. The number of para-hydroxylation sites is 1. The summed E-state index contributed by atoms with van der Waals surface area (Å²) >= 11 is 0. The van der Waals surface area contributed by atoms with Gasteiger partial charge in [0.05, 0.1) is 18.2 Å². The first-order valence-corrected chi connectivity index (χ1v) is 5.79. The maximum Gasteiger partial charge on any atom is 0.325 e. The molecule has 2 rings (SSSR count). The van der Waals surface area contributed by atoms with Crippen LogP contribution in [0.15, 0.2) is 36.5 Å². The molecule has 0 saturated heterocycles. The summed E-state index contributed by atoms with van der Waals surface area (Å²) in [6.07, 6.45) is 1.51. The molecule has 0 saturated carbocycles. The predicted molar refractivity (Wildman–Crippen MR) is 70.7 cm³/mol. The fourth-order valence-corrected chi connectivity index (χ4v) is 1.74. The summed E-state index contributed by atoms with van der Waals surface area (Å²) in [5, 5.41) is 0.889. The molecule has 5 nitrogen and oxygen atoms in total. The molecular weight excluding hydrogens is 244 g/mol. The third-order valence-electron chi connectivity index (χ3n) is 2.78. The Morgan fingerprint density at radius 2 is 2.05 bits per heavy atom. The Labute approximate surface area is 110 Å². The maximum atomic E-state index is 12.1. The van der Waals surface area contributed by atoms with Gasteiger partial charge in [0.1, 0.15) is 6.54 Å². The molecule has 0 unspecified atom stereocenters. The number of amides is 1. The van der Waals surface area contributed by atoms with Crippen LogP contribution in [0.4, 0.5) is 0 Å². The molecule has 1 aromatic heterocycles. The molecule has 0 aliphatic rings. The number of fused-ring (bicyclic) bond motifs is 1. The van der Waals surface area contributed by atoms with Crippen LogP contribution in [0, 0.1) is 0 Å².